The molecule has 3 heterocycles. The minimum Gasteiger partial charge on any atom is -0.465 e. The quantitative estimate of drug-likeness (QED) is 0.658. The van der Waals surface area contributed by atoms with Crippen molar-refractivity contribution in [2.45, 2.75) is 13.5 Å². The van der Waals surface area contributed by atoms with Gasteiger partial charge in [0.25, 0.3) is 5.91 Å². The summed E-state index contributed by atoms with van der Waals surface area (Å²) in [6.07, 6.45) is 0. The first-order chi connectivity index (χ1) is 13.0. The molecule has 0 atom stereocenters. The average Bonchev–Trinajstić information content (AvgIpc) is 3.33. The zero-order valence-corrected chi connectivity index (χ0v) is 16.1. The third-order valence-corrected chi connectivity index (χ3v) is 5.47. The van der Waals surface area contributed by atoms with Gasteiger partial charge in [-0.05, 0) is 19.1 Å². The molecule has 1 N–H and O–H groups in total. The fourth-order valence-electron chi connectivity index (χ4n) is 3.05. The molecular weight excluding hydrogens is 392 g/mol. The first kappa shape index (κ1) is 17.7. The lowest BCUT2D eigenvalue weighted by atomic mass is 10.1. The predicted octanol–water partition coefficient (Wildman–Crippen LogP) is 4.14. The summed E-state index contributed by atoms with van der Waals surface area (Å²) in [5.41, 5.74) is 1.86. The number of aromatic nitrogens is 1. The fraction of sp³-hybridized carbons (Fsp3) is 0.222. The van der Waals surface area contributed by atoms with Crippen molar-refractivity contribution in [1.82, 2.24) is 4.57 Å². The molecule has 1 aliphatic rings. The number of hydrogen-bond donors (Lipinski definition) is 1. The largest absolute Gasteiger partial charge is 0.465 e. The molecule has 140 valence electrons. The number of halogens is 1. The van der Waals surface area contributed by atoms with Crippen molar-refractivity contribution in [3.8, 4) is 11.5 Å². The summed E-state index contributed by atoms with van der Waals surface area (Å²) in [6.45, 7) is 2.61. The lowest BCUT2D eigenvalue weighted by molar-refractivity contribution is 0.0601. The molecule has 2 aromatic heterocycles. The summed E-state index contributed by atoms with van der Waals surface area (Å²) < 4.78 is 18.9. The molecule has 0 bridgehead atoms. The first-order valence-corrected chi connectivity index (χ1v) is 9.33. The maximum Gasteiger partial charge on any atom is 0.340 e. The van der Waals surface area contributed by atoms with Crippen LogP contribution in [-0.4, -0.2) is 30.3 Å². The van der Waals surface area contributed by atoms with Crippen molar-refractivity contribution in [3.63, 3.8) is 0 Å². The van der Waals surface area contributed by atoms with Crippen LogP contribution < -0.4 is 14.8 Å². The smallest absolute Gasteiger partial charge is 0.340 e. The number of carbonyl (C=O) groups excluding carboxylic acids is 2. The van der Waals surface area contributed by atoms with Crippen LogP contribution in [0.25, 0.3) is 10.2 Å². The minimum absolute atomic E-state index is 0.0586. The van der Waals surface area contributed by atoms with Crippen molar-refractivity contribution in [2.24, 2.45) is 0 Å². The van der Waals surface area contributed by atoms with Gasteiger partial charge in [-0.3, -0.25) is 4.79 Å². The Morgan fingerprint density at radius 1 is 1.26 bits per heavy atom. The van der Waals surface area contributed by atoms with Gasteiger partial charge in [0.2, 0.25) is 6.79 Å². The van der Waals surface area contributed by atoms with E-state index in [1.54, 1.807) is 12.1 Å². The molecule has 1 aromatic carbocycles. The predicted molar refractivity (Wildman–Crippen MR) is 102 cm³/mol. The molecule has 7 nitrogen and oxygen atoms in total. The SMILES string of the molecule is CCn1c(C(=O)Nc2cc3c(cc2C(=O)OC)OCO3)cc2sc(Cl)cc21. The number of amides is 1. The van der Waals surface area contributed by atoms with Gasteiger partial charge < -0.3 is 24.1 Å². The second kappa shape index (κ2) is 6.79. The Bertz CT molecular complexity index is 1070. The Hall–Kier alpha value is -2.71. The monoisotopic (exact) mass is 406 g/mol. The van der Waals surface area contributed by atoms with E-state index >= 15 is 0 Å². The van der Waals surface area contributed by atoms with Crippen LogP contribution in [0, 0.1) is 0 Å². The lowest BCUT2D eigenvalue weighted by Gasteiger charge is -2.12. The number of benzene rings is 1. The van der Waals surface area contributed by atoms with Crippen LogP contribution in [-0.2, 0) is 11.3 Å². The highest BCUT2D eigenvalue weighted by Gasteiger charge is 2.24. The van der Waals surface area contributed by atoms with Gasteiger partial charge in [0.05, 0.1) is 32.9 Å². The van der Waals surface area contributed by atoms with Crippen LogP contribution in [0.2, 0.25) is 4.34 Å². The minimum atomic E-state index is -0.581. The topological polar surface area (TPSA) is 78.8 Å². The molecule has 3 aromatic rings. The summed E-state index contributed by atoms with van der Waals surface area (Å²) in [6, 6.07) is 6.68. The summed E-state index contributed by atoms with van der Waals surface area (Å²) in [7, 11) is 1.28. The zero-order chi connectivity index (χ0) is 19.1. The highest BCUT2D eigenvalue weighted by Crippen LogP contribution is 2.38. The van der Waals surface area contributed by atoms with E-state index < -0.39 is 5.97 Å². The molecular formula is C18H15ClN2O5S. The normalized spacial score (nSPS) is 12.4. The number of carbonyl (C=O) groups is 2. The molecule has 4 rings (SSSR count). The van der Waals surface area contributed by atoms with E-state index in [1.165, 1.54) is 24.5 Å². The number of thiophene rings is 1. The molecule has 0 spiro atoms. The standard InChI is InChI=1S/C18H15ClN2O5S/c1-3-21-11-7-16(19)27-15(11)6-12(21)17(22)20-10-5-14-13(25-8-26-14)4-9(10)18(23)24-2/h4-7H,3,8H2,1-2H3,(H,20,22). The Morgan fingerprint density at radius 2 is 2.00 bits per heavy atom. The number of ether oxygens (including phenoxy) is 3. The van der Waals surface area contributed by atoms with Gasteiger partial charge in [-0.25, -0.2) is 4.79 Å². The molecule has 27 heavy (non-hydrogen) atoms. The highest BCUT2D eigenvalue weighted by atomic mass is 35.5. The second-order valence-electron chi connectivity index (χ2n) is 5.77. The number of hydrogen-bond acceptors (Lipinski definition) is 6. The maximum absolute atomic E-state index is 12.9. The maximum atomic E-state index is 12.9. The molecule has 0 unspecified atom stereocenters. The van der Waals surface area contributed by atoms with Gasteiger partial charge in [-0.15, -0.1) is 11.3 Å². The van der Waals surface area contributed by atoms with Crippen molar-refractivity contribution >= 4 is 50.7 Å². The van der Waals surface area contributed by atoms with Crippen LogP contribution in [0.3, 0.4) is 0 Å². The summed E-state index contributed by atoms with van der Waals surface area (Å²) in [5, 5.41) is 2.79. The molecule has 0 fully saturated rings. The van der Waals surface area contributed by atoms with Crippen LogP contribution in [0.4, 0.5) is 5.69 Å². The van der Waals surface area contributed by atoms with E-state index in [4.69, 9.17) is 25.8 Å². The molecule has 0 radical (unpaired) electrons. The lowest BCUT2D eigenvalue weighted by Crippen LogP contribution is -2.18. The Balaban J connectivity index is 1.73. The van der Waals surface area contributed by atoms with Crippen molar-refractivity contribution in [2.75, 3.05) is 19.2 Å². The second-order valence-corrected chi connectivity index (χ2v) is 7.49. The number of aryl methyl sites for hydroxylation is 1. The highest BCUT2D eigenvalue weighted by molar-refractivity contribution is 7.22. The summed E-state index contributed by atoms with van der Waals surface area (Å²) in [5.74, 6) is -0.0419. The van der Waals surface area contributed by atoms with Gasteiger partial charge >= 0.3 is 5.97 Å². The third-order valence-electron chi connectivity index (χ3n) is 4.27. The number of rotatable bonds is 4. The number of methoxy groups -OCH3 is 1. The molecule has 0 aliphatic carbocycles. The summed E-state index contributed by atoms with van der Waals surface area (Å²) >= 11 is 7.48. The van der Waals surface area contributed by atoms with Crippen LogP contribution in [0.5, 0.6) is 11.5 Å². The van der Waals surface area contributed by atoms with E-state index in [2.05, 4.69) is 5.32 Å². The first-order valence-electron chi connectivity index (χ1n) is 8.13. The number of nitrogens with zero attached hydrogens (tertiary/aromatic N) is 1. The third kappa shape index (κ3) is 3.00. The van der Waals surface area contributed by atoms with Gasteiger partial charge in [0, 0.05) is 18.7 Å². The van der Waals surface area contributed by atoms with Crippen molar-refractivity contribution in [3.05, 3.63) is 39.9 Å². The summed E-state index contributed by atoms with van der Waals surface area (Å²) in [4.78, 5) is 25.0. The van der Waals surface area contributed by atoms with E-state index in [0.29, 0.717) is 33.8 Å². The molecule has 0 saturated heterocycles. The van der Waals surface area contributed by atoms with Crippen molar-refractivity contribution < 1.29 is 23.8 Å². The molecule has 1 aliphatic heterocycles. The van der Waals surface area contributed by atoms with E-state index in [1.807, 2.05) is 17.6 Å². The Kier molecular flexibility index (Phi) is 4.45. The number of anilines is 1. The van der Waals surface area contributed by atoms with Crippen LogP contribution >= 0.6 is 22.9 Å². The van der Waals surface area contributed by atoms with Crippen LogP contribution in [0.15, 0.2) is 24.3 Å². The molecule has 9 heteroatoms. The number of esters is 1. The fourth-order valence-corrected chi connectivity index (χ4v) is 4.23. The van der Waals surface area contributed by atoms with E-state index in [0.717, 1.165) is 10.2 Å². The number of fused-ring (bicyclic) bond motifs is 2. The van der Waals surface area contributed by atoms with Crippen molar-refractivity contribution in [1.29, 1.82) is 0 Å². The Morgan fingerprint density at radius 3 is 2.70 bits per heavy atom. The van der Waals surface area contributed by atoms with E-state index in [-0.39, 0.29) is 18.3 Å². The number of nitrogens with one attached hydrogen (secondary N) is 1. The molecule has 1 amide bonds. The van der Waals surface area contributed by atoms with Gasteiger partial charge in [-0.1, -0.05) is 11.6 Å². The van der Waals surface area contributed by atoms with Crippen LogP contribution in [0.1, 0.15) is 27.8 Å². The van der Waals surface area contributed by atoms with Gasteiger partial charge in [-0.2, -0.15) is 0 Å². The molecule has 0 saturated carbocycles. The zero-order valence-electron chi connectivity index (χ0n) is 14.5. The average molecular weight is 407 g/mol. The van der Waals surface area contributed by atoms with Gasteiger partial charge in [0.15, 0.2) is 11.5 Å². The van der Waals surface area contributed by atoms with E-state index in [9.17, 15) is 9.59 Å². The van der Waals surface area contributed by atoms with Gasteiger partial charge in [0.1, 0.15) is 5.69 Å². The Labute approximate surface area is 163 Å².